The summed E-state index contributed by atoms with van der Waals surface area (Å²) in [6, 6.07) is 14.9. The molecule has 0 radical (unpaired) electrons. The van der Waals surface area contributed by atoms with E-state index >= 15 is 0 Å². The van der Waals surface area contributed by atoms with Crippen molar-refractivity contribution in [1.82, 2.24) is 10.2 Å². The Hall–Kier alpha value is -3.04. The van der Waals surface area contributed by atoms with Gasteiger partial charge in [-0.2, -0.15) is 5.26 Å². The summed E-state index contributed by atoms with van der Waals surface area (Å²) in [6.45, 7) is 1.61. The number of nitrogens with one attached hydrogen (secondary N) is 1. The Labute approximate surface area is 206 Å². The molecule has 1 N–H and O–H groups in total. The first kappa shape index (κ1) is 23.7. The summed E-state index contributed by atoms with van der Waals surface area (Å²) < 4.78 is 15.0. The first-order chi connectivity index (χ1) is 17.0. The van der Waals surface area contributed by atoms with Crippen LogP contribution in [0, 0.1) is 29.0 Å². The van der Waals surface area contributed by atoms with Crippen LogP contribution in [0.25, 0.3) is 11.1 Å². The van der Waals surface area contributed by atoms with Gasteiger partial charge in [-0.1, -0.05) is 24.3 Å². The molecule has 4 atom stereocenters. The Morgan fingerprint density at radius 1 is 1.06 bits per heavy atom. The van der Waals surface area contributed by atoms with Crippen LogP contribution in [-0.2, 0) is 11.2 Å². The number of fused-ring (bicyclic) bond motifs is 2. The van der Waals surface area contributed by atoms with Crippen molar-refractivity contribution in [2.45, 2.75) is 63.5 Å². The summed E-state index contributed by atoms with van der Waals surface area (Å²) >= 11 is 0. The van der Waals surface area contributed by atoms with Crippen LogP contribution in [-0.4, -0.2) is 41.8 Å². The highest BCUT2D eigenvalue weighted by molar-refractivity contribution is 5.94. The third-order valence-electron chi connectivity index (χ3n) is 7.96. The zero-order chi connectivity index (χ0) is 24.4. The molecule has 35 heavy (non-hydrogen) atoms. The lowest BCUT2D eigenvalue weighted by molar-refractivity contribution is -0.122. The number of nitrogens with zero attached hydrogens (tertiary/aromatic N) is 2. The van der Waals surface area contributed by atoms with Crippen molar-refractivity contribution in [2.24, 2.45) is 11.8 Å². The standard InChI is InChI=1S/C29H32FN3O2/c30-26-17-22(20-4-6-21(7-5-20)29(35)33-12-2-1-3-13-33)8-9-23(26)14-19(18-31)15-27(34)28-24-10-11-25(16-24)32-28/h4-9,17,19,24-25,28,32H,1-3,10-16H2/t19-,24+,25-,28+/m1/s1. The van der Waals surface area contributed by atoms with Gasteiger partial charge in [-0.05, 0) is 85.8 Å². The van der Waals surface area contributed by atoms with Crippen LogP contribution >= 0.6 is 0 Å². The zero-order valence-electron chi connectivity index (χ0n) is 20.0. The smallest absolute Gasteiger partial charge is 0.253 e. The Kier molecular flexibility index (Phi) is 6.97. The quantitative estimate of drug-likeness (QED) is 0.621. The summed E-state index contributed by atoms with van der Waals surface area (Å²) in [5.41, 5.74) is 2.66. The number of piperidine rings is 2. The molecular weight excluding hydrogens is 441 g/mol. The molecule has 1 amide bonds. The van der Waals surface area contributed by atoms with Crippen LogP contribution in [0.5, 0.6) is 0 Å². The van der Waals surface area contributed by atoms with Gasteiger partial charge in [0.15, 0.2) is 5.78 Å². The minimum Gasteiger partial charge on any atom is -0.339 e. The molecule has 5 nitrogen and oxygen atoms in total. The van der Waals surface area contributed by atoms with Crippen molar-refractivity contribution < 1.29 is 14.0 Å². The van der Waals surface area contributed by atoms with Crippen LogP contribution < -0.4 is 5.32 Å². The molecule has 182 valence electrons. The number of amides is 1. The molecule has 2 bridgehead atoms. The van der Waals surface area contributed by atoms with E-state index in [2.05, 4.69) is 11.4 Å². The molecule has 2 heterocycles. The van der Waals surface area contributed by atoms with Gasteiger partial charge in [-0.15, -0.1) is 0 Å². The SMILES string of the molecule is N#C[C@@H](CC(=O)[C@H]1N[C@@H]2CC[C@H]1C2)Cc1ccc(-c2ccc(C(=O)N3CCCCC3)cc2)cc1F. The normalized spacial score (nSPS) is 24.2. The molecule has 3 fully saturated rings. The number of benzene rings is 2. The fourth-order valence-corrected chi connectivity index (χ4v) is 5.99. The van der Waals surface area contributed by atoms with E-state index in [1.807, 2.05) is 23.1 Å². The number of hydrogen-bond acceptors (Lipinski definition) is 4. The first-order valence-corrected chi connectivity index (χ1v) is 12.9. The lowest BCUT2D eigenvalue weighted by atomic mass is 9.88. The molecule has 5 rings (SSSR count). The van der Waals surface area contributed by atoms with Gasteiger partial charge in [0.05, 0.1) is 18.0 Å². The van der Waals surface area contributed by atoms with Gasteiger partial charge in [0, 0.05) is 31.1 Å². The Balaban J connectivity index is 1.22. The summed E-state index contributed by atoms with van der Waals surface area (Å²) in [6.07, 6.45) is 6.92. The van der Waals surface area contributed by atoms with Crippen molar-refractivity contribution in [1.29, 1.82) is 5.26 Å². The molecule has 2 aliphatic heterocycles. The van der Waals surface area contributed by atoms with E-state index in [0.717, 1.165) is 56.3 Å². The van der Waals surface area contributed by atoms with Crippen LogP contribution in [0.4, 0.5) is 4.39 Å². The number of Topliss-reactive ketones (excluding diaryl/α,β-unsaturated/α-hetero) is 1. The lowest BCUT2D eigenvalue weighted by Gasteiger charge is -2.26. The van der Waals surface area contributed by atoms with Crippen molar-refractivity contribution in [2.75, 3.05) is 13.1 Å². The number of halogens is 1. The van der Waals surface area contributed by atoms with Gasteiger partial charge in [-0.25, -0.2) is 4.39 Å². The highest BCUT2D eigenvalue weighted by atomic mass is 19.1. The van der Waals surface area contributed by atoms with E-state index in [4.69, 9.17) is 0 Å². The second-order valence-corrected chi connectivity index (χ2v) is 10.4. The highest BCUT2D eigenvalue weighted by Gasteiger charge is 2.42. The highest BCUT2D eigenvalue weighted by Crippen LogP contribution is 2.36. The van der Waals surface area contributed by atoms with Crippen molar-refractivity contribution in [3.63, 3.8) is 0 Å². The molecule has 6 heteroatoms. The van der Waals surface area contributed by atoms with E-state index in [1.54, 1.807) is 18.2 Å². The Morgan fingerprint density at radius 2 is 1.80 bits per heavy atom. The zero-order valence-corrected chi connectivity index (χ0v) is 20.0. The van der Waals surface area contributed by atoms with Gasteiger partial charge in [0.2, 0.25) is 0 Å². The van der Waals surface area contributed by atoms with Crippen LogP contribution in [0.3, 0.4) is 0 Å². The number of rotatable bonds is 7. The maximum absolute atomic E-state index is 15.0. The Bertz CT molecular complexity index is 1130. The number of carbonyl (C=O) groups is 2. The van der Waals surface area contributed by atoms with E-state index in [1.165, 1.54) is 12.5 Å². The van der Waals surface area contributed by atoms with Gasteiger partial charge in [-0.3, -0.25) is 9.59 Å². The van der Waals surface area contributed by atoms with Crippen molar-refractivity contribution in [3.8, 4) is 17.2 Å². The summed E-state index contributed by atoms with van der Waals surface area (Å²) in [5.74, 6) is -0.384. The van der Waals surface area contributed by atoms with E-state index in [-0.39, 0.29) is 36.4 Å². The minimum absolute atomic E-state index is 0.0514. The number of nitriles is 1. The molecular formula is C29H32FN3O2. The molecule has 3 aliphatic rings. The third-order valence-corrected chi connectivity index (χ3v) is 7.96. The molecule has 0 spiro atoms. The maximum atomic E-state index is 15.0. The van der Waals surface area contributed by atoms with Crippen molar-refractivity contribution in [3.05, 3.63) is 59.4 Å². The molecule has 2 aromatic rings. The van der Waals surface area contributed by atoms with Gasteiger partial charge < -0.3 is 10.2 Å². The Morgan fingerprint density at radius 3 is 2.43 bits per heavy atom. The largest absolute Gasteiger partial charge is 0.339 e. The lowest BCUT2D eigenvalue weighted by Crippen LogP contribution is -2.42. The molecule has 2 saturated heterocycles. The summed E-state index contributed by atoms with van der Waals surface area (Å²) in [4.78, 5) is 27.3. The van der Waals surface area contributed by atoms with Crippen LogP contribution in [0.2, 0.25) is 0 Å². The summed E-state index contributed by atoms with van der Waals surface area (Å²) in [7, 11) is 0. The van der Waals surface area contributed by atoms with Gasteiger partial charge in [0.25, 0.3) is 5.91 Å². The maximum Gasteiger partial charge on any atom is 0.253 e. The molecule has 0 unspecified atom stereocenters. The number of likely N-dealkylation sites (tertiary alicyclic amines) is 1. The van der Waals surface area contributed by atoms with Crippen LogP contribution in [0.15, 0.2) is 42.5 Å². The van der Waals surface area contributed by atoms with Gasteiger partial charge >= 0.3 is 0 Å². The summed E-state index contributed by atoms with van der Waals surface area (Å²) in [5, 5.41) is 13.0. The number of ketones is 1. The van der Waals surface area contributed by atoms with Crippen LogP contribution in [0.1, 0.15) is 60.9 Å². The molecule has 0 aromatic heterocycles. The van der Waals surface area contributed by atoms with E-state index < -0.39 is 5.92 Å². The monoisotopic (exact) mass is 473 g/mol. The predicted octanol–water partition coefficient (Wildman–Crippen LogP) is 4.90. The molecule has 2 aromatic carbocycles. The number of carbonyl (C=O) groups excluding carboxylic acids is 2. The van der Waals surface area contributed by atoms with E-state index in [0.29, 0.717) is 23.1 Å². The van der Waals surface area contributed by atoms with E-state index in [9.17, 15) is 19.2 Å². The third kappa shape index (κ3) is 5.16. The average Bonchev–Trinajstić information content (AvgIpc) is 3.54. The second-order valence-electron chi connectivity index (χ2n) is 10.4. The van der Waals surface area contributed by atoms with Gasteiger partial charge in [0.1, 0.15) is 5.82 Å². The fourth-order valence-electron chi connectivity index (χ4n) is 5.99. The predicted molar refractivity (Wildman–Crippen MR) is 132 cm³/mol. The first-order valence-electron chi connectivity index (χ1n) is 12.9. The molecule has 1 saturated carbocycles. The fraction of sp³-hybridized carbons (Fsp3) is 0.483. The average molecular weight is 474 g/mol. The minimum atomic E-state index is -0.538. The number of hydrogen-bond donors (Lipinski definition) is 1. The topological polar surface area (TPSA) is 73.2 Å². The second kappa shape index (κ2) is 10.3. The molecule has 1 aliphatic carbocycles. The van der Waals surface area contributed by atoms with Crippen molar-refractivity contribution >= 4 is 11.7 Å².